The van der Waals surface area contributed by atoms with E-state index in [0.29, 0.717) is 36.1 Å². The van der Waals surface area contributed by atoms with Crippen LogP contribution >= 0.6 is 0 Å². The lowest BCUT2D eigenvalue weighted by atomic mass is 10.1. The standard InChI is InChI=1S/C19H17NO4/c21-17-15-10-4-5-11-16(15)18(22)20(17)12-6-7-13-24-19(23)14-8-2-1-3-9-14/h1-5,8-11H,6-7,12-13H2. The van der Waals surface area contributed by atoms with Crippen LogP contribution in [0.5, 0.6) is 0 Å². The molecule has 0 bridgehead atoms. The van der Waals surface area contributed by atoms with E-state index in [4.69, 9.17) is 4.74 Å². The minimum Gasteiger partial charge on any atom is -0.462 e. The van der Waals surface area contributed by atoms with Gasteiger partial charge < -0.3 is 4.74 Å². The summed E-state index contributed by atoms with van der Waals surface area (Å²) in [6.07, 6.45) is 1.18. The number of fused-ring (bicyclic) bond motifs is 1. The molecule has 122 valence electrons. The van der Waals surface area contributed by atoms with Crippen molar-refractivity contribution in [3.63, 3.8) is 0 Å². The molecule has 5 nitrogen and oxygen atoms in total. The molecule has 1 heterocycles. The van der Waals surface area contributed by atoms with E-state index in [2.05, 4.69) is 0 Å². The van der Waals surface area contributed by atoms with Gasteiger partial charge in [0.05, 0.1) is 23.3 Å². The van der Waals surface area contributed by atoms with E-state index in [9.17, 15) is 14.4 Å². The normalized spacial score (nSPS) is 13.1. The first-order valence-electron chi connectivity index (χ1n) is 7.86. The zero-order chi connectivity index (χ0) is 16.9. The van der Waals surface area contributed by atoms with E-state index in [1.807, 2.05) is 6.07 Å². The number of carbonyl (C=O) groups is 3. The third-order valence-electron chi connectivity index (χ3n) is 3.90. The highest BCUT2D eigenvalue weighted by Gasteiger charge is 2.34. The van der Waals surface area contributed by atoms with Crippen molar-refractivity contribution in [3.8, 4) is 0 Å². The summed E-state index contributed by atoms with van der Waals surface area (Å²) >= 11 is 0. The molecule has 0 saturated heterocycles. The van der Waals surface area contributed by atoms with Crippen molar-refractivity contribution in [2.75, 3.05) is 13.2 Å². The third-order valence-corrected chi connectivity index (χ3v) is 3.90. The average molecular weight is 323 g/mol. The molecule has 0 fully saturated rings. The predicted molar refractivity (Wildman–Crippen MR) is 87.8 cm³/mol. The van der Waals surface area contributed by atoms with Gasteiger partial charge in [0.15, 0.2) is 0 Å². The van der Waals surface area contributed by atoms with E-state index in [1.165, 1.54) is 4.90 Å². The molecule has 2 aromatic rings. The Bertz CT molecular complexity index is 735. The summed E-state index contributed by atoms with van der Waals surface area (Å²) in [4.78, 5) is 37.4. The number of nitrogens with zero attached hydrogens (tertiary/aromatic N) is 1. The quantitative estimate of drug-likeness (QED) is 0.466. The van der Waals surface area contributed by atoms with Crippen LogP contribution in [0.1, 0.15) is 43.9 Å². The van der Waals surface area contributed by atoms with Crippen LogP contribution in [0.15, 0.2) is 54.6 Å². The Morgan fingerprint density at radius 2 is 1.42 bits per heavy atom. The van der Waals surface area contributed by atoms with E-state index in [0.717, 1.165) is 0 Å². The highest BCUT2D eigenvalue weighted by atomic mass is 16.5. The number of carbonyl (C=O) groups excluding carboxylic acids is 3. The summed E-state index contributed by atoms with van der Waals surface area (Å²) in [5.74, 6) is -0.870. The van der Waals surface area contributed by atoms with Gasteiger partial charge in [-0.1, -0.05) is 30.3 Å². The van der Waals surface area contributed by atoms with Gasteiger partial charge in [-0.15, -0.1) is 0 Å². The zero-order valence-corrected chi connectivity index (χ0v) is 13.1. The average Bonchev–Trinajstić information content (AvgIpc) is 2.87. The molecule has 0 aromatic heterocycles. The van der Waals surface area contributed by atoms with Crippen LogP contribution in [0.4, 0.5) is 0 Å². The summed E-state index contributed by atoms with van der Waals surface area (Å²) in [5, 5.41) is 0. The summed E-state index contributed by atoms with van der Waals surface area (Å²) in [7, 11) is 0. The molecule has 2 aromatic carbocycles. The smallest absolute Gasteiger partial charge is 0.338 e. The Labute approximate surface area is 139 Å². The largest absolute Gasteiger partial charge is 0.462 e. The molecule has 24 heavy (non-hydrogen) atoms. The molecule has 3 rings (SSSR count). The van der Waals surface area contributed by atoms with Crippen LogP contribution in [-0.2, 0) is 4.74 Å². The second-order valence-corrected chi connectivity index (χ2v) is 5.52. The van der Waals surface area contributed by atoms with Crippen LogP contribution < -0.4 is 0 Å². The molecular weight excluding hydrogens is 306 g/mol. The van der Waals surface area contributed by atoms with Crippen molar-refractivity contribution < 1.29 is 19.1 Å². The molecule has 1 aliphatic rings. The molecule has 0 aliphatic carbocycles. The van der Waals surface area contributed by atoms with Crippen LogP contribution in [0.2, 0.25) is 0 Å². The van der Waals surface area contributed by atoms with Crippen molar-refractivity contribution in [1.29, 1.82) is 0 Å². The van der Waals surface area contributed by atoms with Crippen LogP contribution in [0, 0.1) is 0 Å². The maximum atomic E-state index is 12.2. The van der Waals surface area contributed by atoms with Gasteiger partial charge in [-0.3, -0.25) is 14.5 Å². The van der Waals surface area contributed by atoms with Crippen molar-refractivity contribution in [1.82, 2.24) is 4.90 Å². The van der Waals surface area contributed by atoms with Gasteiger partial charge in [0.25, 0.3) is 11.8 Å². The Morgan fingerprint density at radius 3 is 2.04 bits per heavy atom. The lowest BCUT2D eigenvalue weighted by molar-refractivity contribution is 0.0485. The number of hydrogen-bond donors (Lipinski definition) is 0. The van der Waals surface area contributed by atoms with Gasteiger partial charge in [0.2, 0.25) is 0 Å². The van der Waals surface area contributed by atoms with Crippen LogP contribution in [-0.4, -0.2) is 35.8 Å². The Balaban J connectivity index is 1.44. The van der Waals surface area contributed by atoms with E-state index in [1.54, 1.807) is 48.5 Å². The first-order valence-corrected chi connectivity index (χ1v) is 7.86. The molecule has 0 saturated carbocycles. The van der Waals surface area contributed by atoms with Gasteiger partial charge in [-0.2, -0.15) is 0 Å². The summed E-state index contributed by atoms with van der Waals surface area (Å²) in [5.41, 5.74) is 1.42. The van der Waals surface area contributed by atoms with Gasteiger partial charge >= 0.3 is 5.97 Å². The van der Waals surface area contributed by atoms with Crippen molar-refractivity contribution >= 4 is 17.8 Å². The van der Waals surface area contributed by atoms with Crippen molar-refractivity contribution in [3.05, 3.63) is 71.3 Å². The van der Waals surface area contributed by atoms with E-state index < -0.39 is 0 Å². The van der Waals surface area contributed by atoms with E-state index >= 15 is 0 Å². The number of hydrogen-bond acceptors (Lipinski definition) is 4. The molecule has 0 radical (unpaired) electrons. The molecule has 1 aliphatic heterocycles. The molecule has 0 N–H and O–H groups in total. The molecule has 0 atom stereocenters. The fraction of sp³-hybridized carbons (Fsp3) is 0.211. The minimum absolute atomic E-state index is 0.253. The number of rotatable bonds is 6. The summed E-state index contributed by atoms with van der Waals surface area (Å²) in [6.45, 7) is 0.589. The van der Waals surface area contributed by atoms with Crippen LogP contribution in [0.25, 0.3) is 0 Å². The van der Waals surface area contributed by atoms with Crippen molar-refractivity contribution in [2.45, 2.75) is 12.8 Å². The lowest BCUT2D eigenvalue weighted by Gasteiger charge is -2.13. The summed E-state index contributed by atoms with van der Waals surface area (Å²) in [6, 6.07) is 15.6. The number of benzene rings is 2. The van der Waals surface area contributed by atoms with E-state index in [-0.39, 0.29) is 24.4 Å². The molecule has 0 spiro atoms. The number of imide groups is 1. The highest BCUT2D eigenvalue weighted by Crippen LogP contribution is 2.22. The van der Waals surface area contributed by atoms with Gasteiger partial charge in [-0.05, 0) is 37.1 Å². The Morgan fingerprint density at radius 1 is 0.833 bits per heavy atom. The second-order valence-electron chi connectivity index (χ2n) is 5.52. The SMILES string of the molecule is O=C(OCCCCN1C(=O)c2ccccc2C1=O)c1ccccc1. The number of unbranched alkanes of at least 4 members (excludes halogenated alkanes) is 1. The zero-order valence-electron chi connectivity index (χ0n) is 13.1. The van der Waals surface area contributed by atoms with Crippen molar-refractivity contribution in [2.24, 2.45) is 0 Å². The summed E-state index contributed by atoms with van der Waals surface area (Å²) < 4.78 is 5.18. The maximum Gasteiger partial charge on any atom is 0.338 e. The Kier molecular flexibility index (Phi) is 4.70. The van der Waals surface area contributed by atoms with Crippen LogP contribution in [0.3, 0.4) is 0 Å². The predicted octanol–water partition coefficient (Wildman–Crippen LogP) is 2.92. The topological polar surface area (TPSA) is 63.7 Å². The van der Waals surface area contributed by atoms with Gasteiger partial charge in [0.1, 0.15) is 0 Å². The highest BCUT2D eigenvalue weighted by molar-refractivity contribution is 6.21. The minimum atomic E-state index is -0.365. The monoisotopic (exact) mass is 323 g/mol. The third kappa shape index (κ3) is 3.20. The fourth-order valence-corrected chi connectivity index (χ4v) is 2.64. The molecule has 0 unspecified atom stereocenters. The molecule has 5 heteroatoms. The van der Waals surface area contributed by atoms with Gasteiger partial charge in [0, 0.05) is 6.54 Å². The first-order chi connectivity index (χ1) is 11.7. The lowest BCUT2D eigenvalue weighted by Crippen LogP contribution is -2.30. The molecular formula is C19H17NO4. The maximum absolute atomic E-state index is 12.2. The fourth-order valence-electron chi connectivity index (χ4n) is 2.64. The first kappa shape index (κ1) is 15.9. The van der Waals surface area contributed by atoms with Gasteiger partial charge in [-0.25, -0.2) is 4.79 Å². The number of amides is 2. The molecule has 2 amide bonds. The second kappa shape index (κ2) is 7.08. The number of esters is 1. The number of ether oxygens (including phenoxy) is 1. The Hall–Kier alpha value is -2.95.